The van der Waals surface area contributed by atoms with Crippen molar-refractivity contribution < 1.29 is 14.3 Å². The topological polar surface area (TPSA) is 35.5 Å². The zero-order chi connectivity index (χ0) is 6.85. The molecule has 1 rings (SSSR count). The lowest BCUT2D eigenvalue weighted by atomic mass is 10.2. The minimum atomic E-state index is -0.361. The normalized spacial score (nSPS) is 25.3. The van der Waals surface area contributed by atoms with E-state index >= 15 is 0 Å². The Kier molecular flexibility index (Phi) is 1.42. The molecule has 3 heteroatoms. The van der Waals surface area contributed by atoms with Crippen molar-refractivity contribution in [1.29, 1.82) is 0 Å². The Labute approximate surface area is 53.3 Å². The van der Waals surface area contributed by atoms with Gasteiger partial charge >= 0.3 is 0 Å². The molecule has 1 aliphatic heterocycles. The molecule has 0 saturated heterocycles. The van der Waals surface area contributed by atoms with Crippen LogP contribution in [0.3, 0.4) is 0 Å². The van der Waals surface area contributed by atoms with Crippen LogP contribution in [0.1, 0.15) is 6.92 Å². The summed E-state index contributed by atoms with van der Waals surface area (Å²) in [6.45, 7) is 1.69. The van der Waals surface area contributed by atoms with E-state index in [0.717, 1.165) is 0 Å². The van der Waals surface area contributed by atoms with E-state index in [0.29, 0.717) is 5.76 Å². The van der Waals surface area contributed by atoms with Gasteiger partial charge in [-0.25, -0.2) is 0 Å². The number of rotatable bonds is 1. The van der Waals surface area contributed by atoms with E-state index in [1.54, 1.807) is 6.92 Å². The maximum absolute atomic E-state index is 10.8. The molecule has 0 aromatic rings. The molecule has 0 aromatic heterocycles. The van der Waals surface area contributed by atoms with Gasteiger partial charge in [0.25, 0.3) is 0 Å². The largest absolute Gasteiger partial charge is 0.490 e. The van der Waals surface area contributed by atoms with Gasteiger partial charge in [-0.3, -0.25) is 4.79 Å². The van der Waals surface area contributed by atoms with Crippen molar-refractivity contribution in [1.82, 2.24) is 0 Å². The average Bonchev–Trinajstić information content (AvgIpc) is 2.15. The Hall–Kier alpha value is -0.990. The summed E-state index contributed by atoms with van der Waals surface area (Å²) in [6.07, 6.45) is 0.979. The number of carbonyl (C=O) groups excluding carboxylic acids is 1. The molecule has 50 valence electrons. The van der Waals surface area contributed by atoms with Crippen LogP contribution in [0.15, 0.2) is 12.0 Å². The molecule has 0 amide bonds. The van der Waals surface area contributed by atoms with Gasteiger partial charge in [-0.15, -0.1) is 0 Å². The van der Waals surface area contributed by atoms with E-state index < -0.39 is 0 Å². The predicted molar refractivity (Wildman–Crippen MR) is 30.6 cm³/mol. The van der Waals surface area contributed by atoms with Gasteiger partial charge in [0.05, 0.1) is 7.11 Å². The molecule has 0 aromatic carbocycles. The van der Waals surface area contributed by atoms with Crippen LogP contribution in [-0.2, 0) is 14.3 Å². The zero-order valence-electron chi connectivity index (χ0n) is 5.38. The van der Waals surface area contributed by atoms with E-state index in [1.807, 2.05) is 0 Å². The Morgan fingerprint density at radius 1 is 1.78 bits per heavy atom. The fraction of sp³-hybridized carbons (Fsp3) is 0.500. The van der Waals surface area contributed by atoms with Crippen LogP contribution in [-0.4, -0.2) is 19.0 Å². The molecule has 9 heavy (non-hydrogen) atoms. The summed E-state index contributed by atoms with van der Waals surface area (Å²) in [5, 5.41) is 0. The third-order valence-electron chi connectivity index (χ3n) is 1.21. The highest BCUT2D eigenvalue weighted by molar-refractivity contribution is 5.98. The number of methoxy groups -OCH3 is 1. The average molecular weight is 128 g/mol. The van der Waals surface area contributed by atoms with Crippen molar-refractivity contribution in [3.8, 4) is 0 Å². The fourth-order valence-corrected chi connectivity index (χ4v) is 0.633. The number of carbonyl (C=O) groups is 1. The lowest BCUT2D eigenvalue weighted by Crippen LogP contribution is -2.13. The summed E-state index contributed by atoms with van der Waals surface area (Å²) >= 11 is 0. The number of hydrogen-bond acceptors (Lipinski definition) is 3. The van der Waals surface area contributed by atoms with Gasteiger partial charge in [0, 0.05) is 0 Å². The number of ketones is 1. The van der Waals surface area contributed by atoms with Crippen LogP contribution in [0.5, 0.6) is 0 Å². The smallest absolute Gasteiger partial charge is 0.240 e. The van der Waals surface area contributed by atoms with E-state index in [4.69, 9.17) is 4.74 Å². The lowest BCUT2D eigenvalue weighted by Gasteiger charge is -1.97. The molecule has 0 N–H and O–H groups in total. The van der Waals surface area contributed by atoms with Gasteiger partial charge in [-0.05, 0) is 6.92 Å². The first-order chi connectivity index (χ1) is 4.25. The van der Waals surface area contributed by atoms with Crippen molar-refractivity contribution in [3.05, 3.63) is 12.0 Å². The highest BCUT2D eigenvalue weighted by Gasteiger charge is 2.25. The second-order valence-electron chi connectivity index (χ2n) is 1.83. The molecule has 0 aliphatic carbocycles. The zero-order valence-corrected chi connectivity index (χ0v) is 5.38. The van der Waals surface area contributed by atoms with Crippen LogP contribution in [0.2, 0.25) is 0 Å². The van der Waals surface area contributed by atoms with E-state index in [2.05, 4.69) is 4.74 Å². The number of ether oxygens (including phenoxy) is 2. The Bertz CT molecular complexity index is 160. The molecular formula is C6H8O3. The van der Waals surface area contributed by atoms with Crippen LogP contribution >= 0.6 is 0 Å². The minimum Gasteiger partial charge on any atom is -0.490 e. The van der Waals surface area contributed by atoms with Crippen LogP contribution in [0.4, 0.5) is 0 Å². The first-order valence-corrected chi connectivity index (χ1v) is 2.69. The van der Waals surface area contributed by atoms with Crippen molar-refractivity contribution in [2.75, 3.05) is 7.11 Å². The van der Waals surface area contributed by atoms with E-state index in [9.17, 15) is 4.79 Å². The second-order valence-corrected chi connectivity index (χ2v) is 1.83. The van der Waals surface area contributed by atoms with Crippen LogP contribution in [0, 0.1) is 0 Å². The van der Waals surface area contributed by atoms with E-state index in [1.165, 1.54) is 13.4 Å². The molecule has 0 bridgehead atoms. The highest BCUT2D eigenvalue weighted by atomic mass is 16.5. The summed E-state index contributed by atoms with van der Waals surface area (Å²) in [6, 6.07) is 0. The Balaban J connectivity index is 2.67. The van der Waals surface area contributed by atoms with Crippen LogP contribution in [0.25, 0.3) is 0 Å². The molecular weight excluding hydrogens is 120 g/mol. The SMILES string of the molecule is COC1=COC(C)C1=O. The van der Waals surface area contributed by atoms with Gasteiger partial charge in [0.2, 0.25) is 11.5 Å². The summed E-state index contributed by atoms with van der Waals surface area (Å²) < 4.78 is 9.51. The molecule has 1 aliphatic rings. The van der Waals surface area contributed by atoms with Crippen LogP contribution < -0.4 is 0 Å². The monoisotopic (exact) mass is 128 g/mol. The molecule has 1 atom stereocenters. The lowest BCUT2D eigenvalue weighted by molar-refractivity contribution is -0.122. The Morgan fingerprint density at radius 3 is 2.67 bits per heavy atom. The third-order valence-corrected chi connectivity index (χ3v) is 1.21. The van der Waals surface area contributed by atoms with Gasteiger partial charge in [-0.1, -0.05) is 0 Å². The van der Waals surface area contributed by atoms with Crippen molar-refractivity contribution in [2.24, 2.45) is 0 Å². The molecule has 0 radical (unpaired) electrons. The maximum atomic E-state index is 10.8. The summed E-state index contributed by atoms with van der Waals surface area (Å²) in [4.78, 5) is 10.8. The molecule has 0 spiro atoms. The van der Waals surface area contributed by atoms with Gasteiger partial charge in [0.15, 0.2) is 6.10 Å². The Morgan fingerprint density at radius 2 is 2.44 bits per heavy atom. The molecule has 1 heterocycles. The second kappa shape index (κ2) is 2.09. The molecule has 0 fully saturated rings. The van der Waals surface area contributed by atoms with Crippen molar-refractivity contribution in [2.45, 2.75) is 13.0 Å². The first kappa shape index (κ1) is 6.13. The fourth-order valence-electron chi connectivity index (χ4n) is 0.633. The van der Waals surface area contributed by atoms with Crippen molar-refractivity contribution in [3.63, 3.8) is 0 Å². The van der Waals surface area contributed by atoms with Crippen molar-refractivity contribution >= 4 is 5.78 Å². The number of Topliss-reactive ketones (excluding diaryl/α,β-unsaturated/α-hetero) is 1. The third kappa shape index (κ3) is 0.896. The summed E-state index contributed by atoms with van der Waals surface area (Å²) in [5.74, 6) is 0.222. The maximum Gasteiger partial charge on any atom is 0.240 e. The first-order valence-electron chi connectivity index (χ1n) is 2.69. The highest BCUT2D eigenvalue weighted by Crippen LogP contribution is 2.12. The van der Waals surface area contributed by atoms with Gasteiger partial charge in [0.1, 0.15) is 6.26 Å². The van der Waals surface area contributed by atoms with E-state index in [-0.39, 0.29) is 11.9 Å². The summed E-state index contributed by atoms with van der Waals surface area (Å²) in [7, 11) is 1.45. The molecule has 0 saturated carbocycles. The molecule has 1 unspecified atom stereocenters. The molecule has 3 nitrogen and oxygen atoms in total. The summed E-state index contributed by atoms with van der Waals surface area (Å²) in [5.41, 5.74) is 0. The predicted octanol–water partition coefficient (Wildman–Crippen LogP) is 0.462. The quantitative estimate of drug-likeness (QED) is 0.514. The standard InChI is InChI=1S/C6H8O3/c1-4-6(7)5(8-2)3-9-4/h3-4H,1-2H3. The van der Waals surface area contributed by atoms with Gasteiger partial charge in [-0.2, -0.15) is 0 Å². The number of hydrogen-bond donors (Lipinski definition) is 0. The van der Waals surface area contributed by atoms with Gasteiger partial charge < -0.3 is 9.47 Å². The minimum absolute atomic E-state index is 0.0856.